The van der Waals surface area contributed by atoms with Crippen LogP contribution in [0.25, 0.3) is 0 Å². The highest BCUT2D eigenvalue weighted by molar-refractivity contribution is 6.27. The van der Waals surface area contributed by atoms with E-state index >= 15 is 0 Å². The Bertz CT molecular complexity index is 188. The predicted molar refractivity (Wildman–Crippen MR) is 48.7 cm³/mol. The molecule has 4 nitrogen and oxygen atoms in total. The van der Waals surface area contributed by atoms with Crippen LogP contribution < -0.4 is 0 Å². The third kappa shape index (κ3) is 2.56. The molecule has 0 aromatic heterocycles. The van der Waals surface area contributed by atoms with Gasteiger partial charge >= 0.3 is 0 Å². The second-order valence-electron chi connectivity index (χ2n) is 3.17. The largest absolute Gasteiger partial charge is 0.394 e. The van der Waals surface area contributed by atoms with Crippen molar-refractivity contribution in [3.63, 3.8) is 0 Å². The van der Waals surface area contributed by atoms with E-state index in [2.05, 4.69) is 0 Å². The maximum absolute atomic E-state index is 11.3. The van der Waals surface area contributed by atoms with Gasteiger partial charge in [0.2, 0.25) is 5.91 Å². The first kappa shape index (κ1) is 10.8. The molecule has 0 spiro atoms. The number of rotatable bonds is 2. The van der Waals surface area contributed by atoms with Gasteiger partial charge in [-0.05, 0) is 6.92 Å². The van der Waals surface area contributed by atoms with Crippen LogP contribution in [0, 0.1) is 0 Å². The van der Waals surface area contributed by atoms with Crippen molar-refractivity contribution in [1.29, 1.82) is 0 Å². The lowest BCUT2D eigenvalue weighted by Gasteiger charge is -2.37. The molecule has 0 saturated carbocycles. The van der Waals surface area contributed by atoms with Crippen molar-refractivity contribution >= 4 is 17.5 Å². The lowest BCUT2D eigenvalue weighted by molar-refractivity contribution is -0.143. The maximum Gasteiger partial charge on any atom is 0.237 e. The molecule has 5 heteroatoms. The van der Waals surface area contributed by atoms with Crippen molar-refractivity contribution in [3.05, 3.63) is 0 Å². The Kier molecular flexibility index (Phi) is 3.96. The van der Waals surface area contributed by atoms with Crippen molar-refractivity contribution in [2.45, 2.75) is 19.1 Å². The Balaban J connectivity index is 2.54. The lowest BCUT2D eigenvalue weighted by atomic mass is 10.2. The van der Waals surface area contributed by atoms with Crippen LogP contribution >= 0.6 is 11.6 Å². The molecule has 76 valence electrons. The molecule has 1 rings (SSSR count). The lowest BCUT2D eigenvalue weighted by Crippen LogP contribution is -2.52. The molecule has 1 N–H and O–H groups in total. The van der Waals surface area contributed by atoms with Gasteiger partial charge in [-0.3, -0.25) is 4.79 Å². The van der Waals surface area contributed by atoms with Crippen LogP contribution in [-0.2, 0) is 9.53 Å². The first-order chi connectivity index (χ1) is 6.19. The number of halogens is 1. The van der Waals surface area contributed by atoms with Gasteiger partial charge < -0.3 is 14.7 Å². The van der Waals surface area contributed by atoms with Crippen LogP contribution in [0.3, 0.4) is 0 Å². The zero-order chi connectivity index (χ0) is 9.84. The zero-order valence-corrected chi connectivity index (χ0v) is 8.33. The third-order valence-corrected chi connectivity index (χ3v) is 2.37. The van der Waals surface area contributed by atoms with Gasteiger partial charge in [0, 0.05) is 6.54 Å². The minimum absolute atomic E-state index is 0.0114. The Hall–Kier alpha value is -0.320. The van der Waals surface area contributed by atoms with Gasteiger partial charge in [0.15, 0.2) is 0 Å². The van der Waals surface area contributed by atoms with E-state index in [4.69, 9.17) is 21.4 Å². The fraction of sp³-hybridized carbons (Fsp3) is 0.875. The first-order valence-electron chi connectivity index (χ1n) is 4.27. The average Bonchev–Trinajstić information content (AvgIpc) is 2.17. The summed E-state index contributed by atoms with van der Waals surface area (Å²) in [4.78, 5) is 12.9. The standard InChI is InChI=1S/C8H14ClNO3/c1-6-5-13-7(4-11)3-10(6)8(12)2-9/h6-7,11H,2-5H2,1H3. The summed E-state index contributed by atoms with van der Waals surface area (Å²) in [5.41, 5.74) is 0. The molecule has 1 heterocycles. The minimum Gasteiger partial charge on any atom is -0.394 e. The highest BCUT2D eigenvalue weighted by Gasteiger charge is 2.28. The van der Waals surface area contributed by atoms with Gasteiger partial charge in [0.05, 0.1) is 25.4 Å². The quantitative estimate of drug-likeness (QED) is 0.640. The summed E-state index contributed by atoms with van der Waals surface area (Å²) in [5, 5.41) is 8.85. The van der Waals surface area contributed by atoms with Gasteiger partial charge in [-0.15, -0.1) is 11.6 Å². The number of hydrogen-bond acceptors (Lipinski definition) is 3. The number of alkyl halides is 1. The molecular weight excluding hydrogens is 194 g/mol. The third-order valence-electron chi connectivity index (χ3n) is 2.14. The van der Waals surface area contributed by atoms with Gasteiger partial charge in [-0.2, -0.15) is 0 Å². The van der Waals surface area contributed by atoms with Crippen molar-refractivity contribution < 1.29 is 14.6 Å². The summed E-state index contributed by atoms with van der Waals surface area (Å²) in [6.07, 6.45) is -0.261. The van der Waals surface area contributed by atoms with Crippen LogP contribution in [0.5, 0.6) is 0 Å². The molecule has 13 heavy (non-hydrogen) atoms. The summed E-state index contributed by atoms with van der Waals surface area (Å²) < 4.78 is 5.28. The number of ether oxygens (including phenoxy) is 1. The molecule has 1 amide bonds. The Morgan fingerprint density at radius 3 is 3.00 bits per heavy atom. The normalized spacial score (nSPS) is 29.0. The molecule has 1 saturated heterocycles. The summed E-state index contributed by atoms with van der Waals surface area (Å²) in [5.74, 6) is -0.112. The molecule has 1 aliphatic heterocycles. The smallest absolute Gasteiger partial charge is 0.237 e. The zero-order valence-electron chi connectivity index (χ0n) is 7.57. The number of aliphatic hydroxyl groups is 1. The maximum atomic E-state index is 11.3. The molecule has 0 aromatic carbocycles. The number of amides is 1. The highest BCUT2D eigenvalue weighted by Crippen LogP contribution is 2.11. The Morgan fingerprint density at radius 1 is 1.77 bits per heavy atom. The molecule has 0 bridgehead atoms. The number of carbonyl (C=O) groups is 1. The van der Waals surface area contributed by atoms with Crippen molar-refractivity contribution in [3.8, 4) is 0 Å². The molecule has 0 aromatic rings. The van der Waals surface area contributed by atoms with Crippen LogP contribution in [0.2, 0.25) is 0 Å². The Morgan fingerprint density at radius 2 is 2.46 bits per heavy atom. The van der Waals surface area contributed by atoms with E-state index in [1.54, 1.807) is 4.90 Å². The number of aliphatic hydroxyl groups excluding tert-OH is 1. The van der Waals surface area contributed by atoms with Crippen LogP contribution in [0.15, 0.2) is 0 Å². The van der Waals surface area contributed by atoms with E-state index in [0.29, 0.717) is 13.2 Å². The summed E-state index contributed by atoms with van der Waals surface area (Å²) in [6.45, 7) is 2.74. The van der Waals surface area contributed by atoms with Gasteiger partial charge in [-0.25, -0.2) is 0 Å². The molecule has 0 radical (unpaired) electrons. The van der Waals surface area contributed by atoms with Crippen LogP contribution in [-0.4, -0.2) is 53.7 Å². The highest BCUT2D eigenvalue weighted by atomic mass is 35.5. The van der Waals surface area contributed by atoms with E-state index in [1.165, 1.54) is 0 Å². The summed E-state index contributed by atoms with van der Waals surface area (Å²) in [6, 6.07) is 0.0500. The predicted octanol–water partition coefficient (Wildman–Crippen LogP) is -0.167. The monoisotopic (exact) mass is 207 g/mol. The molecule has 2 atom stereocenters. The second kappa shape index (κ2) is 4.79. The number of carbonyl (C=O) groups excluding carboxylic acids is 1. The molecule has 0 aliphatic carbocycles. The first-order valence-corrected chi connectivity index (χ1v) is 4.80. The van der Waals surface area contributed by atoms with Crippen molar-refractivity contribution in [2.75, 3.05) is 25.6 Å². The molecule has 1 fully saturated rings. The van der Waals surface area contributed by atoms with Crippen LogP contribution in [0.4, 0.5) is 0 Å². The van der Waals surface area contributed by atoms with E-state index in [1.807, 2.05) is 6.92 Å². The van der Waals surface area contributed by atoms with E-state index < -0.39 is 0 Å². The number of nitrogens with zero attached hydrogens (tertiary/aromatic N) is 1. The number of morpholine rings is 1. The van der Waals surface area contributed by atoms with Gasteiger partial charge in [0.25, 0.3) is 0 Å². The number of hydrogen-bond donors (Lipinski definition) is 1. The molecule has 2 unspecified atom stereocenters. The Labute approximate surface area is 82.4 Å². The summed E-state index contributed by atoms with van der Waals surface area (Å²) in [7, 11) is 0. The van der Waals surface area contributed by atoms with Crippen molar-refractivity contribution in [2.24, 2.45) is 0 Å². The summed E-state index contributed by atoms with van der Waals surface area (Å²) >= 11 is 5.45. The van der Waals surface area contributed by atoms with Crippen LogP contribution in [0.1, 0.15) is 6.92 Å². The SMILES string of the molecule is CC1COC(CO)CN1C(=O)CCl. The molecular formula is C8H14ClNO3. The molecule has 1 aliphatic rings. The second-order valence-corrected chi connectivity index (χ2v) is 3.43. The minimum atomic E-state index is -0.261. The topological polar surface area (TPSA) is 49.8 Å². The van der Waals surface area contributed by atoms with E-state index in [0.717, 1.165) is 0 Å². The van der Waals surface area contributed by atoms with E-state index in [-0.39, 0.29) is 30.5 Å². The van der Waals surface area contributed by atoms with Gasteiger partial charge in [-0.1, -0.05) is 0 Å². The fourth-order valence-corrected chi connectivity index (χ4v) is 1.51. The van der Waals surface area contributed by atoms with E-state index in [9.17, 15) is 4.79 Å². The fourth-order valence-electron chi connectivity index (χ4n) is 1.35. The average molecular weight is 208 g/mol. The van der Waals surface area contributed by atoms with Gasteiger partial charge in [0.1, 0.15) is 5.88 Å². The van der Waals surface area contributed by atoms with Crippen molar-refractivity contribution in [1.82, 2.24) is 4.90 Å².